The first-order valence-corrected chi connectivity index (χ1v) is 9.76. The Morgan fingerprint density at radius 2 is 1.78 bits per heavy atom. The highest BCUT2D eigenvalue weighted by atomic mass is 32.2. The van der Waals surface area contributed by atoms with Crippen molar-refractivity contribution in [2.75, 3.05) is 0 Å². The highest BCUT2D eigenvalue weighted by Gasteiger charge is 2.30. The van der Waals surface area contributed by atoms with Crippen LogP contribution in [0.25, 0.3) is 0 Å². The number of hydrogen-bond acceptors (Lipinski definition) is 2. The van der Waals surface area contributed by atoms with Crippen LogP contribution in [0, 0.1) is 6.92 Å². The van der Waals surface area contributed by atoms with Gasteiger partial charge < -0.3 is 5.11 Å². The SMILES string of the molecule is Cc1ccc(SC(CCCCCc2cccc(C(F)(F)F)c2)C(=O)O)cc1. The maximum atomic E-state index is 12.7. The highest BCUT2D eigenvalue weighted by Crippen LogP contribution is 2.30. The lowest BCUT2D eigenvalue weighted by Crippen LogP contribution is -2.16. The van der Waals surface area contributed by atoms with E-state index in [0.29, 0.717) is 18.4 Å². The van der Waals surface area contributed by atoms with Crippen molar-refractivity contribution in [1.29, 1.82) is 0 Å². The molecule has 27 heavy (non-hydrogen) atoms. The average Bonchev–Trinajstić information content (AvgIpc) is 2.61. The molecule has 0 aliphatic rings. The van der Waals surface area contributed by atoms with Gasteiger partial charge >= 0.3 is 12.1 Å². The highest BCUT2D eigenvalue weighted by molar-refractivity contribution is 8.00. The van der Waals surface area contributed by atoms with Crippen molar-refractivity contribution in [3.63, 3.8) is 0 Å². The summed E-state index contributed by atoms with van der Waals surface area (Å²) in [5, 5.41) is 8.89. The smallest absolute Gasteiger partial charge is 0.416 e. The number of hydrogen-bond donors (Lipinski definition) is 1. The first kappa shape index (κ1) is 21.4. The number of carboxylic acid groups (broad SMARTS) is 1. The van der Waals surface area contributed by atoms with Crippen molar-refractivity contribution in [2.24, 2.45) is 0 Å². The fraction of sp³-hybridized carbons (Fsp3) is 0.381. The lowest BCUT2D eigenvalue weighted by molar-refractivity contribution is -0.138. The van der Waals surface area contributed by atoms with E-state index in [2.05, 4.69) is 0 Å². The molecule has 146 valence electrons. The molecule has 0 bridgehead atoms. The number of aryl methyl sites for hydroxylation is 2. The van der Waals surface area contributed by atoms with Crippen molar-refractivity contribution < 1.29 is 23.1 Å². The monoisotopic (exact) mass is 396 g/mol. The van der Waals surface area contributed by atoms with Gasteiger partial charge in [-0.25, -0.2) is 0 Å². The van der Waals surface area contributed by atoms with Crippen molar-refractivity contribution in [1.82, 2.24) is 0 Å². The third kappa shape index (κ3) is 7.29. The number of benzene rings is 2. The predicted molar refractivity (Wildman–Crippen MR) is 102 cm³/mol. The van der Waals surface area contributed by atoms with Crippen LogP contribution in [0.1, 0.15) is 42.4 Å². The minimum Gasteiger partial charge on any atom is -0.480 e. The Hall–Kier alpha value is -1.95. The zero-order valence-electron chi connectivity index (χ0n) is 15.1. The maximum Gasteiger partial charge on any atom is 0.416 e. The molecule has 1 unspecified atom stereocenters. The number of thioether (sulfide) groups is 1. The first-order valence-electron chi connectivity index (χ1n) is 8.88. The van der Waals surface area contributed by atoms with Crippen LogP contribution in [0.2, 0.25) is 0 Å². The van der Waals surface area contributed by atoms with Crippen LogP contribution in [0.4, 0.5) is 13.2 Å². The summed E-state index contributed by atoms with van der Waals surface area (Å²) in [5.41, 5.74) is 1.16. The summed E-state index contributed by atoms with van der Waals surface area (Å²) < 4.78 is 38.2. The maximum absolute atomic E-state index is 12.7. The molecule has 0 saturated heterocycles. The quantitative estimate of drug-likeness (QED) is 0.396. The topological polar surface area (TPSA) is 37.3 Å². The van der Waals surface area contributed by atoms with Gasteiger partial charge in [-0.15, -0.1) is 11.8 Å². The molecule has 0 spiro atoms. The molecule has 1 atom stereocenters. The lowest BCUT2D eigenvalue weighted by Gasteiger charge is -2.12. The fourth-order valence-electron chi connectivity index (χ4n) is 2.75. The number of unbranched alkanes of at least 4 members (excludes halogenated alkanes) is 2. The van der Waals surface area contributed by atoms with Crippen LogP contribution >= 0.6 is 11.8 Å². The van der Waals surface area contributed by atoms with Crippen molar-refractivity contribution >= 4 is 17.7 Å². The van der Waals surface area contributed by atoms with Crippen molar-refractivity contribution in [2.45, 2.75) is 55.3 Å². The molecule has 0 saturated carbocycles. The molecule has 2 rings (SSSR count). The molecule has 2 aromatic rings. The molecule has 2 aromatic carbocycles. The minimum absolute atomic E-state index is 0.513. The Balaban J connectivity index is 1.77. The Kier molecular flexibility index (Phi) is 7.78. The van der Waals surface area contributed by atoms with E-state index < -0.39 is 23.0 Å². The molecule has 0 radical (unpaired) electrons. The fourth-order valence-corrected chi connectivity index (χ4v) is 3.76. The second-order valence-corrected chi connectivity index (χ2v) is 7.83. The summed E-state index contributed by atoms with van der Waals surface area (Å²) in [6.45, 7) is 1.98. The molecule has 0 amide bonds. The van der Waals surface area contributed by atoms with E-state index in [4.69, 9.17) is 0 Å². The minimum atomic E-state index is -4.32. The van der Waals surface area contributed by atoms with E-state index in [9.17, 15) is 23.1 Å². The van der Waals surface area contributed by atoms with Crippen LogP contribution in [-0.2, 0) is 17.4 Å². The van der Waals surface area contributed by atoms with Gasteiger partial charge in [-0.2, -0.15) is 13.2 Å². The standard InChI is InChI=1S/C21H23F3O2S/c1-15-10-12-18(13-11-15)27-19(20(25)26)9-4-2-3-6-16-7-5-8-17(14-16)21(22,23)24/h5,7-8,10-14,19H,2-4,6,9H2,1H3,(H,25,26). The molecule has 2 nitrogen and oxygen atoms in total. The van der Waals surface area contributed by atoms with Gasteiger partial charge in [0.15, 0.2) is 0 Å². The summed E-state index contributed by atoms with van der Waals surface area (Å²) in [6.07, 6.45) is -0.965. The predicted octanol–water partition coefficient (Wildman–Crippen LogP) is 6.36. The number of rotatable bonds is 9. The zero-order chi connectivity index (χ0) is 19.9. The largest absolute Gasteiger partial charge is 0.480 e. The van der Waals surface area contributed by atoms with E-state index in [-0.39, 0.29) is 0 Å². The van der Waals surface area contributed by atoms with Gasteiger partial charge in [-0.3, -0.25) is 4.79 Å². The summed E-state index contributed by atoms with van der Waals surface area (Å²) in [4.78, 5) is 12.4. The van der Waals surface area contributed by atoms with Gasteiger partial charge in [0.25, 0.3) is 0 Å². The average molecular weight is 396 g/mol. The van der Waals surface area contributed by atoms with Crippen LogP contribution in [-0.4, -0.2) is 16.3 Å². The molecule has 0 aliphatic carbocycles. The summed E-state index contributed by atoms with van der Waals surface area (Å²) in [5.74, 6) is -0.835. The molecule has 6 heteroatoms. The Morgan fingerprint density at radius 1 is 1.07 bits per heavy atom. The lowest BCUT2D eigenvalue weighted by atomic mass is 10.0. The van der Waals surface area contributed by atoms with E-state index in [1.807, 2.05) is 31.2 Å². The normalized spacial score (nSPS) is 12.7. The van der Waals surface area contributed by atoms with E-state index in [1.54, 1.807) is 6.07 Å². The Labute approximate surface area is 161 Å². The molecule has 0 fully saturated rings. The Bertz CT molecular complexity index is 742. The van der Waals surface area contributed by atoms with Gasteiger partial charge in [-0.05, 0) is 49.9 Å². The second kappa shape index (κ2) is 9.83. The second-order valence-electron chi connectivity index (χ2n) is 6.56. The molecule has 0 aliphatic heterocycles. The van der Waals surface area contributed by atoms with E-state index >= 15 is 0 Å². The zero-order valence-corrected chi connectivity index (χ0v) is 15.9. The molecule has 0 aromatic heterocycles. The van der Waals surface area contributed by atoms with E-state index in [0.717, 1.165) is 35.8 Å². The van der Waals surface area contributed by atoms with Crippen LogP contribution in [0.3, 0.4) is 0 Å². The number of carboxylic acids is 1. The first-order chi connectivity index (χ1) is 12.8. The molecule has 1 N–H and O–H groups in total. The summed E-state index contributed by atoms with van der Waals surface area (Å²) in [7, 11) is 0. The van der Waals surface area contributed by atoms with Crippen molar-refractivity contribution in [3.05, 3.63) is 65.2 Å². The molecule has 0 heterocycles. The third-order valence-electron chi connectivity index (χ3n) is 4.26. The van der Waals surface area contributed by atoms with Crippen LogP contribution in [0.15, 0.2) is 53.4 Å². The number of halogens is 3. The number of aliphatic carboxylic acids is 1. The summed E-state index contributed by atoms with van der Waals surface area (Å²) >= 11 is 1.34. The van der Waals surface area contributed by atoms with Gasteiger partial charge in [0.2, 0.25) is 0 Å². The molecular weight excluding hydrogens is 373 g/mol. The van der Waals surface area contributed by atoms with Crippen LogP contribution < -0.4 is 0 Å². The van der Waals surface area contributed by atoms with Gasteiger partial charge in [0, 0.05) is 4.90 Å². The molecular formula is C21H23F3O2S. The third-order valence-corrected chi connectivity index (χ3v) is 5.53. The van der Waals surface area contributed by atoms with E-state index in [1.165, 1.54) is 23.9 Å². The van der Waals surface area contributed by atoms with Gasteiger partial charge in [0.05, 0.1) is 5.56 Å². The summed E-state index contributed by atoms with van der Waals surface area (Å²) in [6, 6.07) is 13.1. The van der Waals surface area contributed by atoms with Crippen LogP contribution in [0.5, 0.6) is 0 Å². The Morgan fingerprint density at radius 3 is 2.41 bits per heavy atom. The number of alkyl halides is 3. The van der Waals surface area contributed by atoms with Gasteiger partial charge in [0.1, 0.15) is 5.25 Å². The van der Waals surface area contributed by atoms with Gasteiger partial charge in [-0.1, -0.05) is 48.7 Å². The number of carbonyl (C=O) groups is 1. The van der Waals surface area contributed by atoms with Crippen molar-refractivity contribution in [3.8, 4) is 0 Å².